The molecule has 0 amide bonds. The lowest BCUT2D eigenvalue weighted by Gasteiger charge is -2.18. The Hall–Kier alpha value is -1.56. The van der Waals surface area contributed by atoms with Crippen molar-refractivity contribution in [3.05, 3.63) is 24.1 Å². The van der Waals surface area contributed by atoms with Crippen LogP contribution in [0, 0.1) is 0 Å². The average molecular weight is 297 g/mol. The van der Waals surface area contributed by atoms with Crippen molar-refractivity contribution in [3.63, 3.8) is 0 Å². The number of aromatic nitrogens is 2. The summed E-state index contributed by atoms with van der Waals surface area (Å²) in [5, 5.41) is 8.40. The molecule has 0 atom stereocenters. The number of hydrogen-bond donors (Lipinski definition) is 0. The van der Waals surface area contributed by atoms with E-state index in [0.717, 1.165) is 11.3 Å². The summed E-state index contributed by atoms with van der Waals surface area (Å²) in [5.74, 6) is 2.50. The van der Waals surface area contributed by atoms with Crippen LogP contribution in [0.15, 0.2) is 22.6 Å². The van der Waals surface area contributed by atoms with Crippen LogP contribution in [-0.4, -0.2) is 23.4 Å². The van der Waals surface area contributed by atoms with E-state index in [0.29, 0.717) is 36.1 Å². The number of alkyl halides is 1. The lowest BCUT2D eigenvalue weighted by molar-refractivity contribution is 0.171. The Morgan fingerprint density at radius 2 is 1.94 bits per heavy atom. The largest absolute Gasteiger partial charge is 0.486 e. The van der Waals surface area contributed by atoms with E-state index in [9.17, 15) is 0 Å². The molecule has 6 heteroatoms. The van der Waals surface area contributed by atoms with E-state index < -0.39 is 0 Å². The predicted octanol–water partition coefficient (Wildman–Crippen LogP) is 2.40. The van der Waals surface area contributed by atoms with Crippen molar-refractivity contribution in [2.45, 2.75) is 5.33 Å². The fourth-order valence-electron chi connectivity index (χ4n) is 1.60. The van der Waals surface area contributed by atoms with E-state index in [-0.39, 0.29) is 0 Å². The molecule has 2 aromatic rings. The van der Waals surface area contributed by atoms with Gasteiger partial charge in [0.25, 0.3) is 0 Å². The van der Waals surface area contributed by atoms with E-state index in [1.807, 2.05) is 18.2 Å². The Balaban J connectivity index is 1.97. The van der Waals surface area contributed by atoms with Crippen molar-refractivity contribution >= 4 is 15.9 Å². The van der Waals surface area contributed by atoms with Crippen LogP contribution in [0.4, 0.5) is 0 Å². The number of fused-ring (bicyclic) bond motifs is 1. The average Bonchev–Trinajstić information content (AvgIpc) is 2.87. The Kier molecular flexibility index (Phi) is 2.72. The third-order valence-corrected chi connectivity index (χ3v) is 2.85. The van der Waals surface area contributed by atoms with Crippen molar-refractivity contribution in [3.8, 4) is 23.0 Å². The molecule has 1 aromatic carbocycles. The molecule has 1 aliphatic heterocycles. The van der Waals surface area contributed by atoms with Gasteiger partial charge >= 0.3 is 0 Å². The molecule has 0 radical (unpaired) electrons. The van der Waals surface area contributed by atoms with Gasteiger partial charge < -0.3 is 13.9 Å². The Bertz CT molecular complexity index is 541. The van der Waals surface area contributed by atoms with Crippen molar-refractivity contribution < 1.29 is 13.9 Å². The molecular weight excluding hydrogens is 288 g/mol. The zero-order valence-electron chi connectivity index (χ0n) is 8.85. The van der Waals surface area contributed by atoms with Gasteiger partial charge in [0.15, 0.2) is 11.5 Å². The first-order valence-electron chi connectivity index (χ1n) is 5.15. The fraction of sp³-hybridized carbons (Fsp3) is 0.273. The second-order valence-corrected chi connectivity index (χ2v) is 4.05. The van der Waals surface area contributed by atoms with E-state index in [2.05, 4.69) is 26.1 Å². The zero-order chi connectivity index (χ0) is 11.7. The number of benzene rings is 1. The normalized spacial score (nSPS) is 13.7. The molecule has 0 bridgehead atoms. The Morgan fingerprint density at radius 1 is 1.12 bits per heavy atom. The molecule has 3 rings (SSSR count). The highest BCUT2D eigenvalue weighted by atomic mass is 79.9. The molecule has 88 valence electrons. The summed E-state index contributed by atoms with van der Waals surface area (Å²) in [7, 11) is 0. The van der Waals surface area contributed by atoms with Gasteiger partial charge in [-0.25, -0.2) is 0 Å². The van der Waals surface area contributed by atoms with Crippen molar-refractivity contribution in [2.24, 2.45) is 0 Å². The van der Waals surface area contributed by atoms with Crippen LogP contribution >= 0.6 is 15.9 Å². The van der Waals surface area contributed by atoms with Crippen LogP contribution in [0.1, 0.15) is 5.89 Å². The first-order chi connectivity index (χ1) is 8.36. The maximum absolute atomic E-state index is 5.49. The van der Waals surface area contributed by atoms with Gasteiger partial charge in [-0.2, -0.15) is 0 Å². The molecule has 0 aliphatic carbocycles. The van der Waals surface area contributed by atoms with Gasteiger partial charge in [0.1, 0.15) is 13.2 Å². The van der Waals surface area contributed by atoms with Crippen LogP contribution < -0.4 is 9.47 Å². The summed E-state index contributed by atoms with van der Waals surface area (Å²) < 4.78 is 16.4. The minimum atomic E-state index is 0.483. The SMILES string of the molecule is BrCc1nnc(-c2ccc3c(c2)OCCO3)o1. The second-order valence-electron chi connectivity index (χ2n) is 3.49. The maximum Gasteiger partial charge on any atom is 0.247 e. The van der Waals surface area contributed by atoms with E-state index in [4.69, 9.17) is 13.9 Å². The van der Waals surface area contributed by atoms with Crippen LogP contribution in [0.3, 0.4) is 0 Å². The van der Waals surface area contributed by atoms with Crippen molar-refractivity contribution in [1.29, 1.82) is 0 Å². The van der Waals surface area contributed by atoms with Gasteiger partial charge in [-0.05, 0) is 18.2 Å². The van der Waals surface area contributed by atoms with E-state index in [1.54, 1.807) is 0 Å². The molecule has 0 fully saturated rings. The van der Waals surface area contributed by atoms with Crippen LogP contribution in [0.2, 0.25) is 0 Å². The van der Waals surface area contributed by atoms with Gasteiger partial charge in [0.05, 0.1) is 5.33 Å². The maximum atomic E-state index is 5.49. The number of nitrogens with zero attached hydrogens (tertiary/aromatic N) is 2. The third-order valence-electron chi connectivity index (χ3n) is 2.37. The molecule has 0 saturated heterocycles. The van der Waals surface area contributed by atoms with Gasteiger partial charge in [0, 0.05) is 5.56 Å². The van der Waals surface area contributed by atoms with Crippen LogP contribution in [0.5, 0.6) is 11.5 Å². The molecule has 2 heterocycles. The second kappa shape index (κ2) is 4.37. The summed E-state index contributed by atoms with van der Waals surface area (Å²) in [6.07, 6.45) is 0. The molecule has 0 N–H and O–H groups in total. The number of rotatable bonds is 2. The van der Waals surface area contributed by atoms with E-state index in [1.165, 1.54) is 0 Å². The molecule has 1 aromatic heterocycles. The van der Waals surface area contributed by atoms with Gasteiger partial charge in [0.2, 0.25) is 11.8 Å². The summed E-state index contributed by atoms with van der Waals surface area (Å²) in [5.41, 5.74) is 0.828. The standard InChI is InChI=1S/C11H9BrN2O3/c12-6-10-13-14-11(17-10)7-1-2-8-9(5-7)16-4-3-15-8/h1-2,5H,3-4,6H2. The fourth-order valence-corrected chi connectivity index (χ4v) is 1.83. The topological polar surface area (TPSA) is 57.4 Å². The molecule has 17 heavy (non-hydrogen) atoms. The quantitative estimate of drug-likeness (QED) is 0.797. The van der Waals surface area contributed by atoms with Crippen LogP contribution in [0.25, 0.3) is 11.5 Å². The molecule has 0 saturated carbocycles. The highest BCUT2D eigenvalue weighted by Crippen LogP contribution is 2.34. The number of ether oxygens (including phenoxy) is 2. The predicted molar refractivity (Wildman–Crippen MR) is 63.4 cm³/mol. The Morgan fingerprint density at radius 3 is 2.71 bits per heavy atom. The first kappa shape index (κ1) is 10.6. The highest BCUT2D eigenvalue weighted by molar-refractivity contribution is 9.08. The summed E-state index contributed by atoms with van der Waals surface area (Å²) in [4.78, 5) is 0. The number of hydrogen-bond acceptors (Lipinski definition) is 5. The molecule has 0 spiro atoms. The van der Waals surface area contributed by atoms with Crippen molar-refractivity contribution in [1.82, 2.24) is 10.2 Å². The highest BCUT2D eigenvalue weighted by Gasteiger charge is 2.15. The zero-order valence-corrected chi connectivity index (χ0v) is 10.4. The minimum absolute atomic E-state index is 0.483. The summed E-state index contributed by atoms with van der Waals surface area (Å²) in [6.45, 7) is 1.15. The van der Waals surface area contributed by atoms with Crippen molar-refractivity contribution in [2.75, 3.05) is 13.2 Å². The molecule has 0 unspecified atom stereocenters. The van der Waals surface area contributed by atoms with Gasteiger partial charge in [-0.1, -0.05) is 15.9 Å². The number of halogens is 1. The lowest BCUT2D eigenvalue weighted by Crippen LogP contribution is -2.15. The summed E-state index contributed by atoms with van der Waals surface area (Å²) >= 11 is 3.26. The monoisotopic (exact) mass is 296 g/mol. The Labute approximate surface area is 106 Å². The smallest absolute Gasteiger partial charge is 0.247 e. The van der Waals surface area contributed by atoms with Gasteiger partial charge in [-0.3, -0.25) is 0 Å². The van der Waals surface area contributed by atoms with E-state index >= 15 is 0 Å². The molecule has 5 nitrogen and oxygen atoms in total. The third kappa shape index (κ3) is 2.00. The summed E-state index contributed by atoms with van der Waals surface area (Å²) in [6, 6.07) is 5.57. The molecule has 1 aliphatic rings. The first-order valence-corrected chi connectivity index (χ1v) is 6.27. The van der Waals surface area contributed by atoms with Crippen LogP contribution in [-0.2, 0) is 5.33 Å². The van der Waals surface area contributed by atoms with Gasteiger partial charge in [-0.15, -0.1) is 10.2 Å². The minimum Gasteiger partial charge on any atom is -0.486 e. The molecular formula is C11H9BrN2O3. The lowest BCUT2D eigenvalue weighted by atomic mass is 10.2.